The van der Waals surface area contributed by atoms with Gasteiger partial charge in [-0.05, 0) is 24.5 Å². The minimum absolute atomic E-state index is 0.0637. The van der Waals surface area contributed by atoms with Crippen LogP contribution < -0.4 is 10.5 Å². The second-order valence-electron chi connectivity index (χ2n) is 5.36. The van der Waals surface area contributed by atoms with Gasteiger partial charge in [0.25, 0.3) is 0 Å². The van der Waals surface area contributed by atoms with Gasteiger partial charge < -0.3 is 15.2 Å². The Balaban J connectivity index is 1.86. The SMILES string of the molecule is COC(=O)COc1cccc(-c2csc(-c3cc(C(=N)N)sc3SC)n2)c1. The lowest BCUT2D eigenvalue weighted by molar-refractivity contribution is -0.142. The summed E-state index contributed by atoms with van der Waals surface area (Å²) in [5, 5.41) is 10.5. The van der Waals surface area contributed by atoms with E-state index in [2.05, 4.69) is 4.74 Å². The Kier molecular flexibility index (Phi) is 6.15. The van der Waals surface area contributed by atoms with Gasteiger partial charge in [-0.2, -0.15) is 0 Å². The Morgan fingerprint density at radius 1 is 1.37 bits per heavy atom. The van der Waals surface area contributed by atoms with E-state index in [4.69, 9.17) is 20.9 Å². The second kappa shape index (κ2) is 8.55. The number of thiazole rings is 1. The summed E-state index contributed by atoms with van der Waals surface area (Å²) in [6.45, 7) is -0.137. The van der Waals surface area contributed by atoms with E-state index < -0.39 is 5.97 Å². The summed E-state index contributed by atoms with van der Waals surface area (Å²) in [6.07, 6.45) is 2.00. The lowest BCUT2D eigenvalue weighted by atomic mass is 10.1. The molecular formula is C18H17N3O3S3. The highest BCUT2D eigenvalue weighted by atomic mass is 32.2. The van der Waals surface area contributed by atoms with E-state index in [0.29, 0.717) is 5.75 Å². The van der Waals surface area contributed by atoms with Gasteiger partial charge in [0.05, 0.1) is 21.9 Å². The molecule has 3 rings (SSSR count). The number of benzene rings is 1. The van der Waals surface area contributed by atoms with Crippen molar-refractivity contribution in [3.63, 3.8) is 0 Å². The minimum atomic E-state index is -0.431. The highest BCUT2D eigenvalue weighted by molar-refractivity contribution is 8.00. The fraction of sp³-hybridized carbons (Fsp3) is 0.167. The largest absolute Gasteiger partial charge is 0.482 e. The summed E-state index contributed by atoms with van der Waals surface area (Å²) < 4.78 is 11.1. The third-order valence-corrected chi connectivity index (χ3v) is 6.78. The molecule has 0 spiro atoms. The van der Waals surface area contributed by atoms with Crippen molar-refractivity contribution in [1.82, 2.24) is 4.98 Å². The summed E-state index contributed by atoms with van der Waals surface area (Å²) in [7, 11) is 1.32. The number of esters is 1. The Hall–Kier alpha value is -2.36. The third kappa shape index (κ3) is 4.49. The number of nitrogen functional groups attached to an aromatic ring is 1. The fourth-order valence-electron chi connectivity index (χ4n) is 2.28. The molecule has 0 bridgehead atoms. The molecule has 3 aromatic rings. The van der Waals surface area contributed by atoms with Crippen LogP contribution in [-0.2, 0) is 9.53 Å². The number of rotatable bonds is 7. The van der Waals surface area contributed by atoms with Crippen molar-refractivity contribution >= 4 is 46.2 Å². The van der Waals surface area contributed by atoms with Gasteiger partial charge in [-0.1, -0.05) is 12.1 Å². The quantitative estimate of drug-likeness (QED) is 0.259. The maximum atomic E-state index is 11.2. The fourth-order valence-corrected chi connectivity index (χ4v) is 4.99. The van der Waals surface area contributed by atoms with Crippen molar-refractivity contribution in [2.24, 2.45) is 5.73 Å². The smallest absolute Gasteiger partial charge is 0.343 e. The molecule has 6 nitrogen and oxygen atoms in total. The lowest BCUT2D eigenvalue weighted by Gasteiger charge is -2.05. The zero-order chi connectivity index (χ0) is 19.4. The highest BCUT2D eigenvalue weighted by Crippen LogP contribution is 2.40. The molecule has 2 aromatic heterocycles. The summed E-state index contributed by atoms with van der Waals surface area (Å²) in [6, 6.07) is 9.33. The van der Waals surface area contributed by atoms with Crippen molar-refractivity contribution in [2.75, 3.05) is 20.0 Å². The molecule has 3 N–H and O–H groups in total. The number of ether oxygens (including phenoxy) is 2. The molecule has 0 aliphatic rings. The maximum Gasteiger partial charge on any atom is 0.343 e. The zero-order valence-corrected chi connectivity index (χ0v) is 17.1. The monoisotopic (exact) mass is 419 g/mol. The van der Waals surface area contributed by atoms with E-state index in [1.807, 2.05) is 35.9 Å². The van der Waals surface area contributed by atoms with Crippen LogP contribution in [0.25, 0.3) is 21.8 Å². The zero-order valence-electron chi connectivity index (χ0n) is 14.6. The number of hydrogen-bond acceptors (Lipinski definition) is 8. The molecule has 0 saturated heterocycles. The van der Waals surface area contributed by atoms with Crippen LogP contribution in [0.1, 0.15) is 4.88 Å². The van der Waals surface area contributed by atoms with Crippen LogP contribution in [0.15, 0.2) is 39.9 Å². The average Bonchev–Trinajstić information content (AvgIpc) is 3.33. The summed E-state index contributed by atoms with van der Waals surface area (Å²) in [5.74, 6) is 0.208. The molecule has 0 aliphatic carbocycles. The molecule has 9 heteroatoms. The number of methoxy groups -OCH3 is 1. The number of thioether (sulfide) groups is 1. The van der Waals surface area contributed by atoms with E-state index in [-0.39, 0.29) is 12.4 Å². The molecule has 140 valence electrons. The molecule has 0 atom stereocenters. The minimum Gasteiger partial charge on any atom is -0.482 e. The van der Waals surface area contributed by atoms with Gasteiger partial charge >= 0.3 is 5.97 Å². The summed E-state index contributed by atoms with van der Waals surface area (Å²) in [4.78, 5) is 16.7. The molecular weight excluding hydrogens is 402 g/mol. The van der Waals surface area contributed by atoms with Crippen LogP contribution in [0.3, 0.4) is 0 Å². The highest BCUT2D eigenvalue weighted by Gasteiger charge is 2.16. The van der Waals surface area contributed by atoms with Crippen molar-refractivity contribution in [3.8, 4) is 27.6 Å². The number of nitrogens with zero attached hydrogens (tertiary/aromatic N) is 1. The van der Waals surface area contributed by atoms with Gasteiger partial charge in [-0.3, -0.25) is 5.41 Å². The van der Waals surface area contributed by atoms with Gasteiger partial charge in [-0.15, -0.1) is 34.4 Å². The van der Waals surface area contributed by atoms with Gasteiger partial charge in [-0.25, -0.2) is 9.78 Å². The molecule has 0 unspecified atom stereocenters. The number of thiophene rings is 1. The van der Waals surface area contributed by atoms with E-state index >= 15 is 0 Å². The van der Waals surface area contributed by atoms with Crippen molar-refractivity contribution in [2.45, 2.75) is 4.21 Å². The van der Waals surface area contributed by atoms with Crippen molar-refractivity contribution < 1.29 is 14.3 Å². The molecule has 2 heterocycles. The van der Waals surface area contributed by atoms with Crippen LogP contribution in [0.4, 0.5) is 0 Å². The number of carbonyl (C=O) groups excluding carboxylic acids is 1. The molecule has 0 aliphatic heterocycles. The molecule has 0 amide bonds. The first-order valence-corrected chi connectivity index (χ1v) is 10.7. The topological polar surface area (TPSA) is 98.3 Å². The molecule has 27 heavy (non-hydrogen) atoms. The van der Waals surface area contributed by atoms with Crippen LogP contribution in [-0.4, -0.2) is 36.8 Å². The Morgan fingerprint density at radius 2 is 2.19 bits per heavy atom. The Labute approximate surface area is 168 Å². The van der Waals surface area contributed by atoms with Crippen molar-refractivity contribution in [3.05, 3.63) is 40.6 Å². The van der Waals surface area contributed by atoms with Gasteiger partial charge in [0.2, 0.25) is 0 Å². The number of aromatic nitrogens is 1. The molecule has 0 saturated carbocycles. The third-order valence-electron chi connectivity index (χ3n) is 3.60. The second-order valence-corrected chi connectivity index (χ2v) is 8.35. The number of amidine groups is 1. The normalized spacial score (nSPS) is 10.6. The van der Waals surface area contributed by atoms with Gasteiger partial charge in [0, 0.05) is 16.5 Å². The average molecular weight is 420 g/mol. The lowest BCUT2D eigenvalue weighted by Crippen LogP contribution is -2.12. The van der Waals surface area contributed by atoms with E-state index in [1.165, 1.54) is 29.8 Å². The maximum absolute atomic E-state index is 11.2. The molecule has 0 fully saturated rings. The summed E-state index contributed by atoms with van der Waals surface area (Å²) >= 11 is 4.65. The Bertz CT molecular complexity index is 981. The predicted octanol–water partition coefficient (Wildman–Crippen LogP) is 4.10. The predicted molar refractivity (Wildman–Crippen MR) is 111 cm³/mol. The molecule has 0 radical (unpaired) electrons. The van der Waals surface area contributed by atoms with Crippen LogP contribution in [0, 0.1) is 5.41 Å². The molecule has 1 aromatic carbocycles. The van der Waals surface area contributed by atoms with Crippen LogP contribution in [0.5, 0.6) is 5.75 Å². The first-order chi connectivity index (χ1) is 13.0. The number of nitrogens with one attached hydrogen (secondary N) is 1. The number of carbonyl (C=O) groups is 1. The number of hydrogen-bond donors (Lipinski definition) is 2. The first-order valence-electron chi connectivity index (χ1n) is 7.80. The van der Waals surface area contributed by atoms with E-state index in [9.17, 15) is 4.79 Å². The number of nitrogens with two attached hydrogens (primary N) is 1. The van der Waals surface area contributed by atoms with Crippen LogP contribution in [0.2, 0.25) is 0 Å². The van der Waals surface area contributed by atoms with Crippen LogP contribution >= 0.6 is 34.4 Å². The van der Waals surface area contributed by atoms with Gasteiger partial charge in [0.1, 0.15) is 16.6 Å². The van der Waals surface area contributed by atoms with E-state index in [1.54, 1.807) is 17.8 Å². The Morgan fingerprint density at radius 3 is 2.89 bits per heavy atom. The standard InChI is InChI=1S/C18H17N3O3S3/c1-23-15(22)8-24-11-5-3-4-10(6-11)13-9-26-17(21-13)12-7-14(16(19)20)27-18(12)25-2/h3-7,9H,8H2,1-2H3,(H3,19,20). The van der Waals surface area contributed by atoms with Gasteiger partial charge in [0.15, 0.2) is 6.61 Å². The first kappa shape index (κ1) is 19.4. The van der Waals surface area contributed by atoms with E-state index in [0.717, 1.165) is 30.9 Å². The summed E-state index contributed by atoms with van der Waals surface area (Å²) in [5.41, 5.74) is 8.33. The van der Waals surface area contributed by atoms with Crippen molar-refractivity contribution in [1.29, 1.82) is 5.41 Å².